The summed E-state index contributed by atoms with van der Waals surface area (Å²) >= 11 is 2.23. The number of carbonyl (C=O) groups excluding carboxylic acids is 2. The van der Waals surface area contributed by atoms with Crippen LogP contribution in [0.15, 0.2) is 12.1 Å². The molecule has 0 radical (unpaired) electrons. The van der Waals surface area contributed by atoms with Crippen molar-refractivity contribution in [1.29, 1.82) is 0 Å². The number of carbonyl (C=O) groups is 4. The third-order valence-corrected chi connectivity index (χ3v) is 19.7. The molecule has 82 heavy (non-hydrogen) atoms. The Hall–Kier alpha value is -3.22. The van der Waals surface area contributed by atoms with Crippen molar-refractivity contribution in [3.05, 3.63) is 31.6 Å². The highest BCUT2D eigenvalue weighted by Gasteiger charge is 2.40. The number of anilines is 2. The van der Waals surface area contributed by atoms with Crippen LogP contribution in [0.5, 0.6) is 0 Å². The van der Waals surface area contributed by atoms with Crippen LogP contribution in [0.4, 0.5) is 11.4 Å². The molecule has 16 nitrogen and oxygen atoms in total. The van der Waals surface area contributed by atoms with Gasteiger partial charge in [-0.2, -0.15) is 0 Å². The van der Waals surface area contributed by atoms with Gasteiger partial charge in [-0.3, -0.25) is 14.1 Å². The molecule has 4 aliphatic rings. The molecule has 20 heteroatoms. The molecule has 0 unspecified atom stereocenters. The minimum Gasteiger partial charge on any atom is -0.477 e. The number of hydrogen-bond donors (Lipinski definition) is 5. The van der Waals surface area contributed by atoms with Gasteiger partial charge < -0.3 is 44.0 Å². The predicted octanol–water partition coefficient (Wildman–Crippen LogP) is 14.9. The van der Waals surface area contributed by atoms with Gasteiger partial charge in [-0.25, -0.2) is 18.8 Å². The molecule has 6 rings (SSSR count). The fourth-order valence-corrected chi connectivity index (χ4v) is 14.4. The predicted molar refractivity (Wildman–Crippen MR) is 331 cm³/mol. The molecule has 0 aromatic carbocycles. The lowest BCUT2D eigenvalue weighted by Crippen LogP contribution is -2.47. The third-order valence-electron chi connectivity index (χ3n) is 14.7. The number of amides is 2. The van der Waals surface area contributed by atoms with E-state index in [9.17, 15) is 39.1 Å². The van der Waals surface area contributed by atoms with Crippen molar-refractivity contribution in [3.63, 3.8) is 0 Å². The number of hydrogen-bond acceptors (Lipinski definition) is 12. The largest absolute Gasteiger partial charge is 0.477 e. The normalized spacial score (nSPS) is 23.6. The van der Waals surface area contributed by atoms with E-state index >= 15 is 0 Å². The maximum Gasteiger partial charge on any atom is 0.469 e. The van der Waals surface area contributed by atoms with Crippen molar-refractivity contribution >= 4 is 74.2 Å². The Morgan fingerprint density at radius 2 is 0.927 bits per heavy atom. The molecule has 2 aromatic heterocycles. The number of nitrogens with zero attached hydrogens (tertiary/aromatic N) is 3. The molecular formula is C62H99N3O13P2S2. The Morgan fingerprint density at radius 1 is 0.585 bits per heavy atom. The lowest BCUT2D eigenvalue weighted by atomic mass is 9.81. The average Bonchev–Trinajstić information content (AvgIpc) is 4.21. The fraction of sp³-hybridized carbons (Fsp3) is 0.742. The van der Waals surface area contributed by atoms with Crippen LogP contribution in [-0.4, -0.2) is 102 Å². The molecule has 462 valence electrons. The molecule has 0 aliphatic heterocycles. The van der Waals surface area contributed by atoms with Crippen LogP contribution in [0.1, 0.15) is 243 Å². The monoisotopic (exact) mass is 1220 g/mol. The maximum atomic E-state index is 13.9. The van der Waals surface area contributed by atoms with E-state index in [2.05, 4.69) is 97.6 Å². The van der Waals surface area contributed by atoms with E-state index in [1.807, 2.05) is 41.5 Å². The number of aliphatic hydroxyl groups excluding tert-OH is 1. The number of phosphoric ester groups is 1. The molecule has 0 saturated heterocycles. The third kappa shape index (κ3) is 23.9. The standard InChI is InChI=1S/C25H36NO7PS.C25H35NO4S.C12H28NO2P/c1-16-5-7-17(8-6-16)23(27)26(18-9-11-19(12-10-18)33-34(30,31)32)21-15-20(13-14-25(2,3)4)35-22(21)24(28)29;1-16-5-7-17(8-6-16)23(28)26(18-9-11-19(27)12-10-18)21-15-20(13-14-25(2,3)4)31-22(21)24(29)30;1-9-13(10-2)16(14-11(3,4)5)15-12(6,7)8/h15-19H,5-12H2,1-4H3,(H,28,29)(H2,30,31,32);15-19,27H,5-12H2,1-4H3,(H,29,30);9-10H2,1-8H3. The maximum absolute atomic E-state index is 13.9. The van der Waals surface area contributed by atoms with Gasteiger partial charge in [0.05, 0.1) is 44.5 Å². The van der Waals surface area contributed by atoms with E-state index in [0.717, 1.165) is 87.1 Å². The van der Waals surface area contributed by atoms with Gasteiger partial charge in [0.2, 0.25) is 11.8 Å². The van der Waals surface area contributed by atoms with E-state index in [-0.39, 0.29) is 73.6 Å². The zero-order chi connectivity index (χ0) is 61.7. The van der Waals surface area contributed by atoms with Gasteiger partial charge >= 0.3 is 19.8 Å². The van der Waals surface area contributed by atoms with Crippen molar-refractivity contribution in [2.45, 2.75) is 249 Å². The number of rotatable bonds is 15. The summed E-state index contributed by atoms with van der Waals surface area (Å²) in [4.78, 5) is 75.2. The number of carboxylic acid groups (broad SMARTS) is 2. The molecule has 0 spiro atoms. The van der Waals surface area contributed by atoms with Crippen LogP contribution in [0.3, 0.4) is 0 Å². The Bertz CT molecular complexity index is 2570. The topological polar surface area (TPSA) is 224 Å². The highest BCUT2D eigenvalue weighted by atomic mass is 32.1. The highest BCUT2D eigenvalue weighted by Crippen LogP contribution is 2.49. The van der Waals surface area contributed by atoms with E-state index < -0.39 is 34.4 Å². The van der Waals surface area contributed by atoms with Crippen molar-refractivity contribution in [2.24, 2.45) is 34.5 Å². The summed E-state index contributed by atoms with van der Waals surface area (Å²) in [5, 5.41) is 29.9. The minimum absolute atomic E-state index is 0.0453. The van der Waals surface area contributed by atoms with Gasteiger partial charge in [0.25, 0.3) is 8.53 Å². The summed E-state index contributed by atoms with van der Waals surface area (Å²) in [6.45, 7) is 35.0. The highest BCUT2D eigenvalue weighted by molar-refractivity contribution is 7.46. The average molecular weight is 1220 g/mol. The quantitative estimate of drug-likeness (QED) is 0.0827. The minimum atomic E-state index is -4.59. The smallest absolute Gasteiger partial charge is 0.469 e. The fourth-order valence-electron chi connectivity index (χ4n) is 10.4. The first-order chi connectivity index (χ1) is 37.9. The summed E-state index contributed by atoms with van der Waals surface area (Å²) in [5.41, 5.74) is 0.0869. The van der Waals surface area contributed by atoms with Gasteiger partial charge in [-0.1, -0.05) is 51.4 Å². The zero-order valence-corrected chi connectivity index (χ0v) is 55.5. The molecule has 0 atom stereocenters. The molecule has 2 aromatic rings. The van der Waals surface area contributed by atoms with Crippen LogP contribution < -0.4 is 9.80 Å². The van der Waals surface area contributed by atoms with E-state index in [0.29, 0.717) is 84.3 Å². The van der Waals surface area contributed by atoms with Gasteiger partial charge in [0.1, 0.15) is 9.75 Å². The Balaban J connectivity index is 0.000000282. The first kappa shape index (κ1) is 71.3. The lowest BCUT2D eigenvalue weighted by Gasteiger charge is -2.39. The van der Waals surface area contributed by atoms with Crippen LogP contribution in [0, 0.1) is 58.2 Å². The molecule has 2 heterocycles. The van der Waals surface area contributed by atoms with Gasteiger partial charge in [0.15, 0.2) is 0 Å². The zero-order valence-electron chi connectivity index (χ0n) is 52.1. The Kier molecular flexibility index (Phi) is 26.9. The summed E-state index contributed by atoms with van der Waals surface area (Å²) < 4.78 is 30.4. The summed E-state index contributed by atoms with van der Waals surface area (Å²) in [6, 6.07) is 3.16. The summed E-state index contributed by atoms with van der Waals surface area (Å²) in [7, 11) is -5.56. The SMILES string of the molecule is CC1CCC(C(=O)N(c2cc(C#CC(C)(C)C)sc2C(=O)O)C2CCC(O)CC2)CC1.CC1CCC(C(=O)N(c2cc(C#CC(C)(C)C)sc2C(=O)O)C2CCC(OP(=O)(O)O)CC2)CC1.CCN(CC)P(OC(C)(C)C)OC(C)(C)C. The molecule has 5 N–H and O–H groups in total. The second-order valence-electron chi connectivity index (χ2n) is 26.9. The van der Waals surface area contributed by atoms with Crippen LogP contribution in [0.25, 0.3) is 0 Å². The van der Waals surface area contributed by atoms with Crippen LogP contribution in [-0.2, 0) is 27.7 Å². The van der Waals surface area contributed by atoms with Crippen LogP contribution >= 0.6 is 39.0 Å². The molecule has 0 bridgehead atoms. The second-order valence-corrected chi connectivity index (χ2v) is 31.6. The number of thiophene rings is 2. The van der Waals surface area contributed by atoms with E-state index in [1.165, 1.54) is 0 Å². The van der Waals surface area contributed by atoms with Crippen LogP contribution in [0.2, 0.25) is 0 Å². The van der Waals surface area contributed by atoms with Gasteiger partial charge in [0, 0.05) is 47.8 Å². The van der Waals surface area contributed by atoms with Crippen molar-refractivity contribution in [3.8, 4) is 23.7 Å². The van der Waals surface area contributed by atoms with Crippen molar-refractivity contribution in [1.82, 2.24) is 4.67 Å². The number of aliphatic hydroxyl groups is 1. The first-order valence-corrected chi connectivity index (χ1v) is 34.0. The van der Waals surface area contributed by atoms with Gasteiger partial charge in [-0.15, -0.1) is 22.7 Å². The van der Waals surface area contributed by atoms with Crippen molar-refractivity contribution < 1.29 is 62.4 Å². The number of phosphoric acid groups is 1. The number of carboxylic acids is 2. The van der Waals surface area contributed by atoms with Crippen molar-refractivity contribution in [2.75, 3.05) is 22.9 Å². The molecular weight excluding hydrogens is 1120 g/mol. The summed E-state index contributed by atoms with van der Waals surface area (Å²) in [5.74, 6) is 11.3. The number of aromatic carboxylic acids is 2. The molecule has 4 saturated carbocycles. The first-order valence-electron chi connectivity index (χ1n) is 29.7. The lowest BCUT2D eigenvalue weighted by molar-refractivity contribution is -0.125. The molecule has 4 fully saturated rings. The Morgan fingerprint density at radius 3 is 1.22 bits per heavy atom. The Labute approximate surface area is 500 Å². The van der Waals surface area contributed by atoms with Gasteiger partial charge in [-0.05, 0) is 210 Å². The van der Waals surface area contributed by atoms with E-state index in [1.54, 1.807) is 21.9 Å². The molecule has 4 aliphatic carbocycles. The molecule has 2 amide bonds. The van der Waals surface area contributed by atoms with E-state index in [4.69, 9.17) is 23.4 Å². The second kappa shape index (κ2) is 30.9. The summed E-state index contributed by atoms with van der Waals surface area (Å²) in [6.07, 6.45) is 10.7.